The van der Waals surface area contributed by atoms with Crippen LogP contribution in [0.5, 0.6) is 5.75 Å². The fraction of sp³-hybridized carbons (Fsp3) is 0.500. The van der Waals surface area contributed by atoms with E-state index in [1.807, 2.05) is 0 Å². The van der Waals surface area contributed by atoms with Gasteiger partial charge >= 0.3 is 5.97 Å². The minimum Gasteiger partial charge on any atom is -0.495 e. The van der Waals surface area contributed by atoms with E-state index in [4.69, 9.17) is 21.1 Å². The van der Waals surface area contributed by atoms with Gasteiger partial charge in [0.05, 0.1) is 25.9 Å². The van der Waals surface area contributed by atoms with E-state index in [-0.39, 0.29) is 36.5 Å². The van der Waals surface area contributed by atoms with Crippen LogP contribution in [0.2, 0.25) is 5.02 Å². The van der Waals surface area contributed by atoms with Crippen LogP contribution in [0.15, 0.2) is 24.3 Å². The smallest absolute Gasteiger partial charge is 0.358 e. The number of anilines is 1. The first-order valence-electron chi connectivity index (χ1n) is 11.5. The molecule has 1 aromatic heterocycles. The number of ether oxygens (including phenoxy) is 2. The molecule has 1 aromatic carbocycles. The van der Waals surface area contributed by atoms with Crippen LogP contribution >= 0.6 is 11.6 Å². The molecule has 34 heavy (non-hydrogen) atoms. The zero-order valence-corrected chi connectivity index (χ0v) is 20.4. The van der Waals surface area contributed by atoms with E-state index in [1.165, 1.54) is 22.8 Å². The summed E-state index contributed by atoms with van der Waals surface area (Å²) >= 11 is 6.28. The number of halogens is 1. The van der Waals surface area contributed by atoms with Crippen molar-refractivity contribution in [1.82, 2.24) is 15.1 Å². The third-order valence-corrected chi connectivity index (χ3v) is 6.68. The summed E-state index contributed by atoms with van der Waals surface area (Å²) in [4.78, 5) is 41.3. The Morgan fingerprint density at radius 2 is 1.97 bits per heavy atom. The molecule has 2 aromatic rings. The van der Waals surface area contributed by atoms with Crippen LogP contribution in [0.1, 0.15) is 66.9 Å². The number of carbonyl (C=O) groups is 3. The molecule has 2 amide bonds. The molecule has 10 heteroatoms. The Labute approximate surface area is 203 Å². The SMILES string of the molecule is CCOC(=O)c1cc2n(n1)CC(C)(C(=O)NC1CCCCC1)N(c1cc(Cl)ccc1OC)C2=O. The summed E-state index contributed by atoms with van der Waals surface area (Å²) < 4.78 is 12.0. The maximum Gasteiger partial charge on any atom is 0.358 e. The predicted molar refractivity (Wildman–Crippen MR) is 126 cm³/mol. The number of nitrogens with one attached hydrogen (secondary N) is 1. The molecule has 0 radical (unpaired) electrons. The lowest BCUT2D eigenvalue weighted by atomic mass is 9.91. The normalized spacial score (nSPS) is 20.6. The second-order valence-corrected chi connectivity index (χ2v) is 9.27. The summed E-state index contributed by atoms with van der Waals surface area (Å²) in [7, 11) is 1.49. The van der Waals surface area contributed by atoms with Gasteiger partial charge in [0, 0.05) is 17.1 Å². The number of esters is 1. The van der Waals surface area contributed by atoms with Crippen molar-refractivity contribution in [3.05, 3.63) is 40.7 Å². The molecule has 1 N–H and O–H groups in total. The molecular formula is C24H29ClN4O5. The summed E-state index contributed by atoms with van der Waals surface area (Å²) in [6.07, 6.45) is 5.06. The van der Waals surface area contributed by atoms with Crippen LogP contribution in [-0.4, -0.2) is 52.9 Å². The number of carbonyl (C=O) groups excluding carboxylic acids is 3. The Morgan fingerprint density at radius 3 is 2.65 bits per heavy atom. The van der Waals surface area contributed by atoms with Crippen molar-refractivity contribution in [2.45, 2.75) is 64.1 Å². The van der Waals surface area contributed by atoms with Crippen LogP contribution in [0.3, 0.4) is 0 Å². The van der Waals surface area contributed by atoms with Gasteiger partial charge < -0.3 is 14.8 Å². The Kier molecular flexibility index (Phi) is 6.84. The minimum absolute atomic E-state index is 0.0140. The van der Waals surface area contributed by atoms with Gasteiger partial charge in [0.2, 0.25) is 5.91 Å². The average molecular weight is 489 g/mol. The first kappa shape index (κ1) is 24.1. The number of rotatable bonds is 6. The number of nitrogens with zero attached hydrogens (tertiary/aromatic N) is 3. The Bertz CT molecular complexity index is 1110. The van der Waals surface area contributed by atoms with Gasteiger partial charge in [-0.05, 0) is 44.9 Å². The highest BCUT2D eigenvalue weighted by Crippen LogP contribution is 2.40. The number of methoxy groups -OCH3 is 1. The molecule has 2 aliphatic rings. The molecule has 0 bridgehead atoms. The van der Waals surface area contributed by atoms with Gasteiger partial charge in [0.25, 0.3) is 5.91 Å². The van der Waals surface area contributed by atoms with Gasteiger partial charge in [-0.1, -0.05) is 30.9 Å². The monoisotopic (exact) mass is 488 g/mol. The van der Waals surface area contributed by atoms with Crippen molar-refractivity contribution in [3.8, 4) is 5.75 Å². The maximum atomic E-state index is 13.8. The van der Waals surface area contributed by atoms with Gasteiger partial charge in [-0.2, -0.15) is 5.10 Å². The van der Waals surface area contributed by atoms with Crippen LogP contribution in [0.25, 0.3) is 0 Å². The molecule has 9 nitrogen and oxygen atoms in total. The largest absolute Gasteiger partial charge is 0.495 e. The van der Waals surface area contributed by atoms with Crippen molar-refractivity contribution < 1.29 is 23.9 Å². The molecule has 0 saturated heterocycles. The van der Waals surface area contributed by atoms with Gasteiger partial charge in [0.15, 0.2) is 5.69 Å². The lowest BCUT2D eigenvalue weighted by Gasteiger charge is -2.44. The molecule has 182 valence electrons. The minimum atomic E-state index is -1.35. The highest BCUT2D eigenvalue weighted by Gasteiger charge is 2.50. The van der Waals surface area contributed by atoms with Crippen LogP contribution in [0, 0.1) is 0 Å². The van der Waals surface area contributed by atoms with Crippen molar-refractivity contribution >= 4 is 35.1 Å². The Hall–Kier alpha value is -3.07. The third-order valence-electron chi connectivity index (χ3n) is 6.45. The summed E-state index contributed by atoms with van der Waals surface area (Å²) in [6, 6.07) is 6.35. The zero-order chi connectivity index (χ0) is 24.5. The topological polar surface area (TPSA) is 103 Å². The summed E-state index contributed by atoms with van der Waals surface area (Å²) in [6.45, 7) is 3.61. The first-order valence-corrected chi connectivity index (χ1v) is 11.9. The van der Waals surface area contributed by atoms with E-state index >= 15 is 0 Å². The molecule has 1 unspecified atom stereocenters. The first-order chi connectivity index (χ1) is 16.3. The zero-order valence-electron chi connectivity index (χ0n) is 19.6. The quantitative estimate of drug-likeness (QED) is 0.623. The van der Waals surface area contributed by atoms with E-state index in [1.54, 1.807) is 32.0 Å². The highest BCUT2D eigenvalue weighted by atomic mass is 35.5. The molecule has 1 saturated carbocycles. The number of aromatic nitrogens is 2. The summed E-state index contributed by atoms with van der Waals surface area (Å²) in [5.74, 6) is -1.02. The van der Waals surface area contributed by atoms with Gasteiger partial charge in [-0.25, -0.2) is 4.79 Å². The predicted octanol–water partition coefficient (Wildman–Crippen LogP) is 3.59. The lowest BCUT2D eigenvalue weighted by molar-refractivity contribution is -0.127. The van der Waals surface area contributed by atoms with E-state index in [9.17, 15) is 14.4 Å². The van der Waals surface area contributed by atoms with Crippen LogP contribution in [-0.2, 0) is 16.1 Å². The molecule has 0 spiro atoms. The number of fused-ring (bicyclic) bond motifs is 1. The second kappa shape index (κ2) is 9.66. The van der Waals surface area contributed by atoms with E-state index in [0.717, 1.165) is 32.1 Å². The van der Waals surface area contributed by atoms with Crippen molar-refractivity contribution in [2.75, 3.05) is 18.6 Å². The van der Waals surface area contributed by atoms with Gasteiger partial charge in [0.1, 0.15) is 17.0 Å². The van der Waals surface area contributed by atoms with Crippen molar-refractivity contribution in [1.29, 1.82) is 0 Å². The molecule has 1 fully saturated rings. The summed E-state index contributed by atoms with van der Waals surface area (Å²) in [5.41, 5.74) is -0.795. The van der Waals surface area contributed by atoms with Crippen molar-refractivity contribution in [3.63, 3.8) is 0 Å². The average Bonchev–Trinajstić information content (AvgIpc) is 3.24. The van der Waals surface area contributed by atoms with E-state index in [2.05, 4.69) is 10.4 Å². The van der Waals surface area contributed by atoms with Gasteiger partial charge in [-0.15, -0.1) is 0 Å². The Morgan fingerprint density at radius 1 is 1.24 bits per heavy atom. The second-order valence-electron chi connectivity index (χ2n) is 8.83. The van der Waals surface area contributed by atoms with Crippen LogP contribution < -0.4 is 15.0 Å². The summed E-state index contributed by atoms with van der Waals surface area (Å²) in [5, 5.41) is 7.83. The third kappa shape index (κ3) is 4.36. The van der Waals surface area contributed by atoms with E-state index in [0.29, 0.717) is 16.5 Å². The molecule has 1 atom stereocenters. The number of benzene rings is 1. The Balaban J connectivity index is 1.80. The molecule has 4 rings (SSSR count). The van der Waals surface area contributed by atoms with Crippen molar-refractivity contribution in [2.24, 2.45) is 0 Å². The number of hydrogen-bond acceptors (Lipinski definition) is 6. The van der Waals surface area contributed by atoms with Gasteiger partial charge in [-0.3, -0.25) is 19.2 Å². The number of amides is 2. The van der Waals surface area contributed by atoms with E-state index < -0.39 is 17.4 Å². The molecular weight excluding hydrogens is 460 g/mol. The molecule has 1 aliphatic heterocycles. The lowest BCUT2D eigenvalue weighted by Crippen LogP contribution is -2.65. The highest BCUT2D eigenvalue weighted by molar-refractivity contribution is 6.31. The van der Waals surface area contributed by atoms with Crippen LogP contribution in [0.4, 0.5) is 5.69 Å². The molecule has 1 aliphatic carbocycles. The molecule has 2 heterocycles. The fourth-order valence-electron chi connectivity index (χ4n) is 4.69. The number of hydrogen-bond donors (Lipinski definition) is 1. The standard InChI is InChI=1S/C24H29ClN4O5/c1-4-34-22(31)17-13-19-21(30)29(18-12-15(25)10-11-20(18)33-3)24(2,14-28(19)27-17)23(32)26-16-8-6-5-7-9-16/h10-13,16H,4-9,14H2,1-3H3,(H,26,32). The fourth-order valence-corrected chi connectivity index (χ4v) is 4.86. The maximum absolute atomic E-state index is 13.8.